The first-order chi connectivity index (χ1) is 8.29. The number of allylic oxidation sites excluding steroid dienone is 1. The molecule has 1 heterocycles. The van der Waals surface area contributed by atoms with Gasteiger partial charge in [-0.3, -0.25) is 9.59 Å². The fraction of sp³-hybridized carbons (Fsp3) is 0.286. The van der Waals surface area contributed by atoms with Gasteiger partial charge in [-0.1, -0.05) is 48.6 Å². The zero-order valence-electron chi connectivity index (χ0n) is 9.41. The molecular weight excluding hydrogens is 216 g/mol. The highest BCUT2D eigenvalue weighted by Crippen LogP contribution is 2.32. The Bertz CT molecular complexity index is 396. The lowest BCUT2D eigenvalue weighted by Crippen LogP contribution is -2.17. The van der Waals surface area contributed by atoms with Gasteiger partial charge < -0.3 is 4.74 Å². The highest BCUT2D eigenvalue weighted by Gasteiger charge is 2.43. The van der Waals surface area contributed by atoms with Crippen LogP contribution in [0.25, 0.3) is 0 Å². The summed E-state index contributed by atoms with van der Waals surface area (Å²) in [5.74, 6) is -1.19. The molecule has 88 valence electrons. The monoisotopic (exact) mass is 230 g/mol. The van der Waals surface area contributed by atoms with Crippen LogP contribution < -0.4 is 0 Å². The van der Waals surface area contributed by atoms with E-state index in [0.29, 0.717) is 0 Å². The average molecular weight is 230 g/mol. The number of ether oxygens (including phenoxy) is 1. The summed E-state index contributed by atoms with van der Waals surface area (Å²) < 4.78 is 4.48. The number of carbonyl (C=O) groups is 2. The summed E-state index contributed by atoms with van der Waals surface area (Å²) in [6.07, 6.45) is 5.34. The molecule has 1 saturated heterocycles. The number of fused-ring (bicyclic) bond motifs is 1. The maximum Gasteiger partial charge on any atom is 0.321 e. The Balaban J connectivity index is 0.000000153. The first-order valence-corrected chi connectivity index (χ1v) is 5.71. The zero-order valence-corrected chi connectivity index (χ0v) is 9.41. The van der Waals surface area contributed by atoms with Crippen LogP contribution in [0.1, 0.15) is 12.8 Å². The van der Waals surface area contributed by atoms with Crippen LogP contribution in [0, 0.1) is 11.8 Å². The highest BCUT2D eigenvalue weighted by atomic mass is 16.6. The van der Waals surface area contributed by atoms with Crippen molar-refractivity contribution in [1.82, 2.24) is 0 Å². The maximum atomic E-state index is 10.9. The summed E-state index contributed by atoms with van der Waals surface area (Å²) in [5.41, 5.74) is 0. The SMILES string of the molecule is O=C1OC(=O)C2CCC=CC12.c1ccccc1. The molecule has 0 N–H and O–H groups in total. The number of rotatable bonds is 0. The van der Waals surface area contributed by atoms with Gasteiger partial charge in [0.2, 0.25) is 0 Å². The molecule has 2 aliphatic rings. The number of esters is 2. The second-order valence-electron chi connectivity index (χ2n) is 4.03. The molecule has 17 heavy (non-hydrogen) atoms. The number of cyclic esters (lactones) is 2. The van der Waals surface area contributed by atoms with Crippen LogP contribution in [0.5, 0.6) is 0 Å². The van der Waals surface area contributed by atoms with E-state index >= 15 is 0 Å². The Hall–Kier alpha value is -1.90. The van der Waals surface area contributed by atoms with Gasteiger partial charge in [0.15, 0.2) is 0 Å². The summed E-state index contributed by atoms with van der Waals surface area (Å²) >= 11 is 0. The summed E-state index contributed by atoms with van der Waals surface area (Å²) in [6, 6.07) is 12.0. The van der Waals surface area contributed by atoms with Gasteiger partial charge in [0, 0.05) is 0 Å². The van der Waals surface area contributed by atoms with Crippen LogP contribution in [0.2, 0.25) is 0 Å². The molecule has 1 aliphatic heterocycles. The van der Waals surface area contributed by atoms with Gasteiger partial charge in [0.1, 0.15) is 0 Å². The van der Waals surface area contributed by atoms with E-state index in [1.165, 1.54) is 0 Å². The van der Waals surface area contributed by atoms with E-state index < -0.39 is 0 Å². The van der Waals surface area contributed by atoms with Gasteiger partial charge in [-0.05, 0) is 12.8 Å². The topological polar surface area (TPSA) is 43.4 Å². The third-order valence-corrected chi connectivity index (χ3v) is 2.86. The summed E-state index contributed by atoms with van der Waals surface area (Å²) in [7, 11) is 0. The molecule has 0 aromatic heterocycles. The Morgan fingerprint density at radius 1 is 0.941 bits per heavy atom. The number of hydrogen-bond donors (Lipinski definition) is 0. The van der Waals surface area contributed by atoms with Crippen LogP contribution in [-0.4, -0.2) is 11.9 Å². The van der Waals surface area contributed by atoms with Crippen molar-refractivity contribution in [3.05, 3.63) is 48.6 Å². The van der Waals surface area contributed by atoms with Crippen molar-refractivity contribution in [3.63, 3.8) is 0 Å². The Labute approximate surface area is 100 Å². The van der Waals surface area contributed by atoms with Crippen molar-refractivity contribution in [2.24, 2.45) is 11.8 Å². The van der Waals surface area contributed by atoms with E-state index in [9.17, 15) is 9.59 Å². The smallest absolute Gasteiger partial charge is 0.321 e. The third kappa shape index (κ3) is 2.81. The molecule has 0 saturated carbocycles. The maximum absolute atomic E-state index is 10.9. The molecule has 1 fully saturated rings. The predicted molar refractivity (Wildman–Crippen MR) is 62.9 cm³/mol. The Morgan fingerprint density at radius 3 is 2.06 bits per heavy atom. The second-order valence-corrected chi connectivity index (χ2v) is 4.03. The molecule has 0 spiro atoms. The Kier molecular flexibility index (Phi) is 3.70. The lowest BCUT2D eigenvalue weighted by Gasteiger charge is -2.12. The average Bonchev–Trinajstić information content (AvgIpc) is 2.69. The molecule has 1 aliphatic carbocycles. The first-order valence-electron chi connectivity index (χ1n) is 5.71. The fourth-order valence-corrected chi connectivity index (χ4v) is 1.97. The van der Waals surface area contributed by atoms with Gasteiger partial charge >= 0.3 is 11.9 Å². The van der Waals surface area contributed by atoms with E-state index in [2.05, 4.69) is 4.74 Å². The van der Waals surface area contributed by atoms with Gasteiger partial charge in [-0.25, -0.2) is 0 Å². The lowest BCUT2D eigenvalue weighted by atomic mass is 9.86. The van der Waals surface area contributed by atoms with Crippen LogP contribution in [0.4, 0.5) is 0 Å². The lowest BCUT2D eigenvalue weighted by molar-refractivity contribution is -0.153. The molecule has 2 unspecified atom stereocenters. The van der Waals surface area contributed by atoms with Crippen molar-refractivity contribution in [3.8, 4) is 0 Å². The van der Waals surface area contributed by atoms with Crippen LogP contribution in [-0.2, 0) is 14.3 Å². The van der Waals surface area contributed by atoms with Gasteiger partial charge in [0.05, 0.1) is 11.8 Å². The van der Waals surface area contributed by atoms with Crippen LogP contribution >= 0.6 is 0 Å². The van der Waals surface area contributed by atoms with Gasteiger partial charge in [-0.15, -0.1) is 0 Å². The van der Waals surface area contributed by atoms with Crippen molar-refractivity contribution in [1.29, 1.82) is 0 Å². The Morgan fingerprint density at radius 2 is 1.53 bits per heavy atom. The largest absolute Gasteiger partial charge is 0.392 e. The molecule has 3 nitrogen and oxygen atoms in total. The molecule has 3 heteroatoms. The third-order valence-electron chi connectivity index (χ3n) is 2.86. The predicted octanol–water partition coefficient (Wildman–Crippen LogP) is 2.34. The number of carbonyl (C=O) groups excluding carboxylic acids is 2. The van der Waals surface area contributed by atoms with Crippen LogP contribution in [0.3, 0.4) is 0 Å². The van der Waals surface area contributed by atoms with E-state index in [1.807, 2.05) is 42.5 Å². The minimum absolute atomic E-state index is 0.188. The molecule has 1 aromatic carbocycles. The van der Waals surface area contributed by atoms with Crippen molar-refractivity contribution >= 4 is 11.9 Å². The molecule has 3 rings (SSSR count). The summed E-state index contributed by atoms with van der Waals surface area (Å²) in [6.45, 7) is 0. The normalized spacial score (nSPS) is 25.6. The first kappa shape index (κ1) is 11.6. The van der Waals surface area contributed by atoms with E-state index in [-0.39, 0.29) is 23.8 Å². The molecule has 0 bridgehead atoms. The minimum atomic E-state index is -0.379. The standard InChI is InChI=1S/C8H8O3.C6H6/c9-7-5-3-1-2-4-6(5)8(10)11-7;1-2-4-6-5-3-1/h1,3,5-6H,2,4H2;1-6H. The van der Waals surface area contributed by atoms with Crippen molar-refractivity contribution in [2.45, 2.75) is 12.8 Å². The second kappa shape index (κ2) is 5.43. The molecule has 0 radical (unpaired) electrons. The minimum Gasteiger partial charge on any atom is -0.392 e. The zero-order chi connectivity index (χ0) is 12.1. The van der Waals surface area contributed by atoms with Crippen molar-refractivity contribution in [2.75, 3.05) is 0 Å². The van der Waals surface area contributed by atoms with E-state index in [4.69, 9.17) is 0 Å². The van der Waals surface area contributed by atoms with E-state index in [0.717, 1.165) is 12.8 Å². The summed E-state index contributed by atoms with van der Waals surface area (Å²) in [4.78, 5) is 21.9. The number of hydrogen-bond acceptors (Lipinski definition) is 3. The highest BCUT2D eigenvalue weighted by molar-refractivity contribution is 5.97. The molecule has 2 atom stereocenters. The van der Waals surface area contributed by atoms with E-state index in [1.54, 1.807) is 6.08 Å². The van der Waals surface area contributed by atoms with Gasteiger partial charge in [0.25, 0.3) is 0 Å². The van der Waals surface area contributed by atoms with Crippen LogP contribution in [0.15, 0.2) is 48.6 Å². The van der Waals surface area contributed by atoms with Crippen molar-refractivity contribution < 1.29 is 14.3 Å². The summed E-state index contributed by atoms with van der Waals surface area (Å²) in [5, 5.41) is 0. The molecular formula is C14H14O3. The van der Waals surface area contributed by atoms with Gasteiger partial charge in [-0.2, -0.15) is 0 Å². The number of benzene rings is 1. The molecule has 1 aromatic rings. The molecule has 0 amide bonds. The quantitative estimate of drug-likeness (QED) is 0.390. The fourth-order valence-electron chi connectivity index (χ4n) is 1.97.